The van der Waals surface area contributed by atoms with E-state index in [2.05, 4.69) is 19.2 Å². The van der Waals surface area contributed by atoms with E-state index in [1.54, 1.807) is 0 Å². The smallest absolute Gasteiger partial charge is 0.225 e. The Morgan fingerprint density at radius 2 is 2.13 bits per heavy atom. The number of carbonyl (C=O) groups excluding carboxylic acids is 1. The van der Waals surface area contributed by atoms with Crippen molar-refractivity contribution >= 4 is 5.91 Å². The van der Waals surface area contributed by atoms with Crippen molar-refractivity contribution in [3.63, 3.8) is 0 Å². The molecule has 1 aromatic carbocycles. The average Bonchev–Trinajstić information content (AvgIpc) is 3.12. The molecule has 3 rings (SSSR count). The van der Waals surface area contributed by atoms with Crippen LogP contribution < -0.4 is 15.8 Å². The lowest BCUT2D eigenvalue weighted by molar-refractivity contribution is -0.127. The second-order valence-corrected chi connectivity index (χ2v) is 7.51. The van der Waals surface area contributed by atoms with Crippen LogP contribution in [-0.4, -0.2) is 18.6 Å². The van der Waals surface area contributed by atoms with Gasteiger partial charge in [-0.05, 0) is 54.7 Å². The first kappa shape index (κ1) is 16.3. The highest BCUT2D eigenvalue weighted by Gasteiger charge is 2.48. The molecule has 2 bridgehead atoms. The van der Waals surface area contributed by atoms with Crippen LogP contribution in [0.3, 0.4) is 0 Å². The van der Waals surface area contributed by atoms with Gasteiger partial charge in [-0.1, -0.05) is 26.0 Å². The van der Waals surface area contributed by atoms with Gasteiger partial charge in [0.15, 0.2) is 0 Å². The van der Waals surface area contributed by atoms with Crippen LogP contribution in [0.1, 0.15) is 38.7 Å². The van der Waals surface area contributed by atoms with Gasteiger partial charge in [-0.25, -0.2) is 0 Å². The highest BCUT2D eigenvalue weighted by atomic mass is 16.5. The van der Waals surface area contributed by atoms with Gasteiger partial charge in [0.2, 0.25) is 5.91 Å². The molecule has 4 atom stereocenters. The predicted octanol–water partition coefficient (Wildman–Crippen LogP) is 2.71. The summed E-state index contributed by atoms with van der Waals surface area (Å²) in [6.45, 7) is 5.50. The normalized spacial score (nSPS) is 29.0. The third kappa shape index (κ3) is 3.69. The Morgan fingerprint density at radius 3 is 2.83 bits per heavy atom. The quantitative estimate of drug-likeness (QED) is 0.848. The van der Waals surface area contributed by atoms with E-state index >= 15 is 0 Å². The van der Waals surface area contributed by atoms with Crippen molar-refractivity contribution in [3.8, 4) is 5.75 Å². The summed E-state index contributed by atoms with van der Waals surface area (Å²) in [7, 11) is 0. The minimum absolute atomic E-state index is 0.00845. The number of nitrogens with one attached hydrogen (secondary N) is 1. The van der Waals surface area contributed by atoms with Gasteiger partial charge in [0.25, 0.3) is 0 Å². The highest BCUT2D eigenvalue weighted by Crippen LogP contribution is 2.47. The van der Waals surface area contributed by atoms with Crippen molar-refractivity contribution in [2.45, 2.75) is 45.7 Å². The molecule has 0 spiro atoms. The van der Waals surface area contributed by atoms with Crippen LogP contribution in [0, 0.1) is 23.7 Å². The van der Waals surface area contributed by atoms with E-state index in [0.717, 1.165) is 24.2 Å². The number of benzene rings is 1. The second kappa shape index (κ2) is 6.91. The lowest BCUT2D eigenvalue weighted by Crippen LogP contribution is -2.45. The summed E-state index contributed by atoms with van der Waals surface area (Å²) in [6.07, 6.45) is 3.50. The van der Waals surface area contributed by atoms with Gasteiger partial charge in [0.05, 0.1) is 12.5 Å². The van der Waals surface area contributed by atoms with Gasteiger partial charge in [0.1, 0.15) is 5.75 Å². The molecule has 3 N–H and O–H groups in total. The first-order chi connectivity index (χ1) is 11.0. The van der Waals surface area contributed by atoms with Gasteiger partial charge >= 0.3 is 0 Å². The van der Waals surface area contributed by atoms with Crippen LogP contribution in [0.5, 0.6) is 5.75 Å². The largest absolute Gasteiger partial charge is 0.493 e. The lowest BCUT2D eigenvalue weighted by atomic mass is 9.84. The van der Waals surface area contributed by atoms with E-state index in [1.807, 2.05) is 24.3 Å². The fraction of sp³-hybridized carbons (Fsp3) is 0.632. The molecular formula is C19H28N2O2. The zero-order valence-corrected chi connectivity index (χ0v) is 14.1. The number of hydrogen-bond donors (Lipinski definition) is 2. The van der Waals surface area contributed by atoms with Gasteiger partial charge in [-0.15, -0.1) is 0 Å². The van der Waals surface area contributed by atoms with Crippen molar-refractivity contribution in [1.29, 1.82) is 0 Å². The van der Waals surface area contributed by atoms with Crippen molar-refractivity contribution in [3.05, 3.63) is 29.8 Å². The van der Waals surface area contributed by atoms with Crippen molar-refractivity contribution in [1.82, 2.24) is 5.32 Å². The van der Waals surface area contributed by atoms with Crippen LogP contribution in [-0.2, 0) is 11.3 Å². The number of hydrogen-bond acceptors (Lipinski definition) is 3. The Morgan fingerprint density at radius 1 is 1.35 bits per heavy atom. The molecule has 126 valence electrons. The highest BCUT2D eigenvalue weighted by molar-refractivity contribution is 5.80. The topological polar surface area (TPSA) is 64.3 Å². The molecule has 1 amide bonds. The summed E-state index contributed by atoms with van der Waals surface area (Å²) >= 11 is 0. The van der Waals surface area contributed by atoms with Gasteiger partial charge in [-0.3, -0.25) is 4.79 Å². The second-order valence-electron chi connectivity index (χ2n) is 7.51. The van der Waals surface area contributed by atoms with Crippen LogP contribution >= 0.6 is 0 Å². The van der Waals surface area contributed by atoms with Crippen LogP contribution in [0.15, 0.2) is 24.3 Å². The maximum absolute atomic E-state index is 12.5. The Hall–Kier alpha value is -1.55. The lowest BCUT2D eigenvalue weighted by Gasteiger charge is -2.27. The Balaban J connectivity index is 1.54. The third-order valence-corrected chi connectivity index (χ3v) is 5.23. The Kier molecular flexibility index (Phi) is 4.90. The molecule has 4 nitrogen and oxygen atoms in total. The van der Waals surface area contributed by atoms with E-state index in [9.17, 15) is 4.79 Å². The molecule has 2 fully saturated rings. The molecule has 0 aliphatic heterocycles. The number of fused-ring (bicyclic) bond motifs is 2. The maximum atomic E-state index is 12.5. The van der Waals surface area contributed by atoms with E-state index in [0.29, 0.717) is 30.9 Å². The minimum atomic E-state index is 0.00845. The fourth-order valence-corrected chi connectivity index (χ4v) is 4.04. The molecule has 0 heterocycles. The minimum Gasteiger partial charge on any atom is -0.493 e. The first-order valence-electron chi connectivity index (χ1n) is 8.79. The summed E-state index contributed by atoms with van der Waals surface area (Å²) in [4.78, 5) is 12.5. The molecular weight excluding hydrogens is 288 g/mol. The van der Waals surface area contributed by atoms with Crippen LogP contribution in [0.4, 0.5) is 0 Å². The van der Waals surface area contributed by atoms with E-state index in [1.165, 1.54) is 6.42 Å². The molecule has 23 heavy (non-hydrogen) atoms. The molecule has 0 radical (unpaired) electrons. The molecule has 2 aliphatic carbocycles. The maximum Gasteiger partial charge on any atom is 0.225 e. The molecule has 2 aliphatic rings. The van der Waals surface area contributed by atoms with Crippen molar-refractivity contribution < 1.29 is 9.53 Å². The van der Waals surface area contributed by atoms with Gasteiger partial charge in [0, 0.05) is 12.6 Å². The Bertz CT molecular complexity index is 556. The monoisotopic (exact) mass is 316 g/mol. The standard InChI is InChI=1S/C19H28N2O2/c1-12(2)11-23-16-5-3-4-13(8-16)10-21-19(22)17-14-6-7-15(9-14)18(17)20/h3-5,8,12,14-15,17-18H,6-7,9-11,20H2,1-2H3,(H,21,22). The average molecular weight is 316 g/mol. The van der Waals surface area contributed by atoms with Gasteiger partial charge < -0.3 is 15.8 Å². The summed E-state index contributed by atoms with van der Waals surface area (Å²) < 4.78 is 5.74. The molecule has 4 unspecified atom stereocenters. The molecule has 1 aromatic rings. The van der Waals surface area contributed by atoms with Gasteiger partial charge in [-0.2, -0.15) is 0 Å². The molecule has 0 aromatic heterocycles. The molecule has 4 heteroatoms. The van der Waals surface area contributed by atoms with E-state index < -0.39 is 0 Å². The summed E-state index contributed by atoms with van der Waals surface area (Å²) in [5.41, 5.74) is 7.31. The number of amides is 1. The molecule has 2 saturated carbocycles. The molecule has 0 saturated heterocycles. The number of carbonyl (C=O) groups is 1. The zero-order valence-electron chi connectivity index (χ0n) is 14.1. The summed E-state index contributed by atoms with van der Waals surface area (Å²) in [5.74, 6) is 2.55. The number of nitrogens with two attached hydrogens (primary N) is 1. The van der Waals surface area contributed by atoms with Crippen molar-refractivity contribution in [2.75, 3.05) is 6.61 Å². The Labute approximate surface area is 138 Å². The summed E-state index contributed by atoms with van der Waals surface area (Å²) in [6, 6.07) is 8.00. The fourth-order valence-electron chi connectivity index (χ4n) is 4.04. The third-order valence-electron chi connectivity index (χ3n) is 5.23. The SMILES string of the molecule is CC(C)COc1cccc(CNC(=O)C2C3CCC(C3)C2N)c1. The first-order valence-corrected chi connectivity index (χ1v) is 8.79. The number of ether oxygens (including phenoxy) is 1. The van der Waals surface area contributed by atoms with E-state index in [-0.39, 0.29) is 17.9 Å². The summed E-state index contributed by atoms with van der Waals surface area (Å²) in [5, 5.41) is 3.07. The zero-order chi connectivity index (χ0) is 16.4. The van der Waals surface area contributed by atoms with Crippen LogP contribution in [0.25, 0.3) is 0 Å². The number of rotatable bonds is 6. The van der Waals surface area contributed by atoms with E-state index in [4.69, 9.17) is 10.5 Å². The predicted molar refractivity (Wildman–Crippen MR) is 90.9 cm³/mol. The van der Waals surface area contributed by atoms with Crippen LogP contribution in [0.2, 0.25) is 0 Å². The van der Waals surface area contributed by atoms with Crippen molar-refractivity contribution in [2.24, 2.45) is 29.4 Å².